The molecule has 1 atom stereocenters. The number of methoxy groups -OCH3 is 1. The zero-order valence-corrected chi connectivity index (χ0v) is 15.0. The lowest BCUT2D eigenvalue weighted by Gasteiger charge is -2.37. The van der Waals surface area contributed by atoms with Crippen LogP contribution >= 0.6 is 0 Å². The second-order valence-electron chi connectivity index (χ2n) is 6.47. The first-order chi connectivity index (χ1) is 13.2. The van der Waals surface area contributed by atoms with Crippen molar-refractivity contribution in [2.45, 2.75) is 6.04 Å². The summed E-state index contributed by atoms with van der Waals surface area (Å²) >= 11 is 0. The second kappa shape index (κ2) is 7.24. The van der Waals surface area contributed by atoms with Crippen LogP contribution in [0.4, 0.5) is 5.95 Å². The maximum Gasteiger partial charge on any atom is 0.325 e. The van der Waals surface area contributed by atoms with Crippen molar-refractivity contribution >= 4 is 22.8 Å². The van der Waals surface area contributed by atoms with Crippen LogP contribution in [-0.4, -0.2) is 64.2 Å². The molecule has 2 aromatic heterocycles. The van der Waals surface area contributed by atoms with Crippen LogP contribution in [0.1, 0.15) is 11.6 Å². The Kier molecular flexibility index (Phi) is 4.64. The molecule has 1 saturated heterocycles. The van der Waals surface area contributed by atoms with Gasteiger partial charge in [0, 0.05) is 61.2 Å². The molecule has 3 heterocycles. The van der Waals surface area contributed by atoms with Gasteiger partial charge in [0.25, 0.3) is 0 Å². The standard InChI is InChI=1S/C19H21N5O3/c1-27-13-3-4-16-14(11-13)15(12-22-16)17(18(25)26)23-7-9-24(10-8-23)19-20-5-2-6-21-19/h2-6,11-12,17,22H,7-10H2,1H3,(H,25,26)/t17-/m0/s1. The summed E-state index contributed by atoms with van der Waals surface area (Å²) in [6.45, 7) is 2.59. The fourth-order valence-electron chi connectivity index (χ4n) is 3.60. The van der Waals surface area contributed by atoms with Crippen molar-refractivity contribution in [3.63, 3.8) is 0 Å². The summed E-state index contributed by atoms with van der Waals surface area (Å²) in [7, 11) is 1.60. The van der Waals surface area contributed by atoms with Gasteiger partial charge in [0.05, 0.1) is 7.11 Å². The number of ether oxygens (including phenoxy) is 1. The maximum atomic E-state index is 12.1. The van der Waals surface area contributed by atoms with Gasteiger partial charge in [-0.3, -0.25) is 9.69 Å². The van der Waals surface area contributed by atoms with Gasteiger partial charge in [0.15, 0.2) is 0 Å². The predicted octanol–water partition coefficient (Wildman–Crippen LogP) is 1.91. The number of rotatable bonds is 5. The summed E-state index contributed by atoms with van der Waals surface area (Å²) in [4.78, 5) is 27.9. The van der Waals surface area contributed by atoms with E-state index >= 15 is 0 Å². The number of piperazine rings is 1. The Balaban J connectivity index is 1.58. The Bertz CT molecular complexity index is 935. The lowest BCUT2D eigenvalue weighted by atomic mass is 10.0. The number of carbonyl (C=O) groups is 1. The molecular formula is C19H21N5O3. The number of aromatic nitrogens is 3. The molecule has 1 aliphatic heterocycles. The third-order valence-electron chi connectivity index (χ3n) is 4.96. The van der Waals surface area contributed by atoms with E-state index in [4.69, 9.17) is 4.74 Å². The lowest BCUT2D eigenvalue weighted by molar-refractivity contribution is -0.143. The maximum absolute atomic E-state index is 12.1. The number of aromatic amines is 1. The van der Waals surface area contributed by atoms with Crippen LogP contribution in [0.2, 0.25) is 0 Å². The van der Waals surface area contributed by atoms with E-state index in [-0.39, 0.29) is 0 Å². The SMILES string of the molecule is COc1ccc2[nH]cc([C@@H](C(=O)O)N3CCN(c4ncccn4)CC3)c2c1. The fourth-order valence-corrected chi connectivity index (χ4v) is 3.60. The number of anilines is 1. The van der Waals surface area contributed by atoms with Crippen LogP contribution in [0, 0.1) is 0 Å². The minimum absolute atomic E-state index is 0.617. The summed E-state index contributed by atoms with van der Waals surface area (Å²) in [5, 5.41) is 10.8. The molecule has 1 fully saturated rings. The van der Waals surface area contributed by atoms with Crippen molar-refractivity contribution < 1.29 is 14.6 Å². The number of nitrogens with one attached hydrogen (secondary N) is 1. The highest BCUT2D eigenvalue weighted by atomic mass is 16.5. The number of nitrogens with zero attached hydrogens (tertiary/aromatic N) is 4. The second-order valence-corrected chi connectivity index (χ2v) is 6.47. The first kappa shape index (κ1) is 17.3. The lowest BCUT2D eigenvalue weighted by Crippen LogP contribution is -2.49. The Hall–Kier alpha value is -3.13. The van der Waals surface area contributed by atoms with Crippen LogP contribution in [-0.2, 0) is 4.79 Å². The van der Waals surface area contributed by atoms with E-state index in [9.17, 15) is 9.90 Å². The molecule has 140 valence electrons. The minimum atomic E-state index is -0.858. The molecule has 2 N–H and O–H groups in total. The molecular weight excluding hydrogens is 346 g/mol. The van der Waals surface area contributed by atoms with Crippen LogP contribution in [0.25, 0.3) is 10.9 Å². The van der Waals surface area contributed by atoms with E-state index in [0.29, 0.717) is 37.9 Å². The highest BCUT2D eigenvalue weighted by molar-refractivity contribution is 5.90. The largest absolute Gasteiger partial charge is 0.497 e. The molecule has 0 bridgehead atoms. The highest BCUT2D eigenvalue weighted by Crippen LogP contribution is 2.32. The molecule has 8 heteroatoms. The topological polar surface area (TPSA) is 94.6 Å². The van der Waals surface area contributed by atoms with Gasteiger partial charge >= 0.3 is 5.97 Å². The van der Waals surface area contributed by atoms with Crippen molar-refractivity contribution in [3.8, 4) is 5.75 Å². The van der Waals surface area contributed by atoms with E-state index in [1.165, 1.54) is 0 Å². The number of hydrogen-bond donors (Lipinski definition) is 2. The number of fused-ring (bicyclic) bond motifs is 1. The van der Waals surface area contributed by atoms with Crippen molar-refractivity contribution in [1.82, 2.24) is 19.9 Å². The van der Waals surface area contributed by atoms with Gasteiger partial charge < -0.3 is 19.7 Å². The average molecular weight is 367 g/mol. The summed E-state index contributed by atoms with van der Waals surface area (Å²) in [5.74, 6) is 0.530. The minimum Gasteiger partial charge on any atom is -0.497 e. The monoisotopic (exact) mass is 367 g/mol. The van der Waals surface area contributed by atoms with Crippen molar-refractivity contribution in [3.05, 3.63) is 48.4 Å². The van der Waals surface area contributed by atoms with Crippen molar-refractivity contribution in [2.75, 3.05) is 38.2 Å². The Morgan fingerprint density at radius 2 is 1.96 bits per heavy atom. The Labute approximate surface area is 156 Å². The first-order valence-electron chi connectivity index (χ1n) is 8.81. The van der Waals surface area contributed by atoms with E-state index in [1.54, 1.807) is 31.8 Å². The molecule has 1 aromatic carbocycles. The van der Waals surface area contributed by atoms with E-state index in [1.807, 2.05) is 23.1 Å². The van der Waals surface area contributed by atoms with Crippen LogP contribution in [0.5, 0.6) is 5.75 Å². The Morgan fingerprint density at radius 3 is 2.63 bits per heavy atom. The number of benzene rings is 1. The molecule has 8 nitrogen and oxygen atoms in total. The van der Waals surface area contributed by atoms with E-state index in [2.05, 4.69) is 19.9 Å². The van der Waals surface area contributed by atoms with Gasteiger partial charge in [0.2, 0.25) is 5.95 Å². The smallest absolute Gasteiger partial charge is 0.325 e. The van der Waals surface area contributed by atoms with Gasteiger partial charge in [-0.25, -0.2) is 9.97 Å². The summed E-state index contributed by atoms with van der Waals surface area (Å²) < 4.78 is 5.30. The normalized spacial score (nSPS) is 16.4. The first-order valence-corrected chi connectivity index (χ1v) is 8.81. The number of carboxylic acid groups (broad SMARTS) is 1. The fraction of sp³-hybridized carbons (Fsp3) is 0.316. The zero-order chi connectivity index (χ0) is 18.8. The molecule has 0 spiro atoms. The predicted molar refractivity (Wildman–Crippen MR) is 101 cm³/mol. The molecule has 0 unspecified atom stereocenters. The Morgan fingerprint density at radius 1 is 1.22 bits per heavy atom. The molecule has 1 aliphatic rings. The molecule has 3 aromatic rings. The van der Waals surface area contributed by atoms with E-state index < -0.39 is 12.0 Å². The van der Waals surface area contributed by atoms with Gasteiger partial charge in [-0.2, -0.15) is 0 Å². The van der Waals surface area contributed by atoms with Gasteiger partial charge in [-0.15, -0.1) is 0 Å². The third-order valence-corrected chi connectivity index (χ3v) is 4.96. The number of H-pyrrole nitrogens is 1. The molecule has 0 radical (unpaired) electrons. The summed E-state index contributed by atoms with van der Waals surface area (Å²) in [6, 6.07) is 6.71. The van der Waals surface area contributed by atoms with E-state index in [0.717, 1.165) is 16.5 Å². The summed E-state index contributed by atoms with van der Waals surface area (Å²) in [5.41, 5.74) is 1.65. The molecule has 0 saturated carbocycles. The van der Waals surface area contributed by atoms with Gasteiger partial charge in [-0.1, -0.05) is 0 Å². The number of aliphatic carboxylic acids is 1. The number of carboxylic acids is 1. The highest BCUT2D eigenvalue weighted by Gasteiger charge is 2.32. The molecule has 0 aliphatic carbocycles. The van der Waals surface area contributed by atoms with Crippen LogP contribution in [0.15, 0.2) is 42.9 Å². The number of hydrogen-bond acceptors (Lipinski definition) is 6. The summed E-state index contributed by atoms with van der Waals surface area (Å²) in [6.07, 6.45) is 5.22. The zero-order valence-electron chi connectivity index (χ0n) is 15.0. The molecule has 4 rings (SSSR count). The van der Waals surface area contributed by atoms with Gasteiger partial charge in [-0.05, 0) is 24.3 Å². The van der Waals surface area contributed by atoms with Crippen LogP contribution < -0.4 is 9.64 Å². The van der Waals surface area contributed by atoms with Gasteiger partial charge in [0.1, 0.15) is 11.8 Å². The van der Waals surface area contributed by atoms with Crippen LogP contribution in [0.3, 0.4) is 0 Å². The van der Waals surface area contributed by atoms with Crippen molar-refractivity contribution in [2.24, 2.45) is 0 Å². The molecule has 27 heavy (non-hydrogen) atoms. The molecule has 0 amide bonds. The van der Waals surface area contributed by atoms with Crippen molar-refractivity contribution in [1.29, 1.82) is 0 Å². The quantitative estimate of drug-likeness (QED) is 0.711. The average Bonchev–Trinajstić information content (AvgIpc) is 3.12. The third kappa shape index (κ3) is 3.31.